The minimum atomic E-state index is -1.74. The number of rotatable bonds is 6. The van der Waals surface area contributed by atoms with Crippen molar-refractivity contribution >= 4 is 11.4 Å². The summed E-state index contributed by atoms with van der Waals surface area (Å²) in [5.74, 6) is -1.69. The molecule has 8 heteroatoms. The number of hydrogen-bond acceptors (Lipinski definition) is 5. The number of hydrogen-bond donors (Lipinski definition) is 3. The number of nitro benzene ring substituents is 1. The number of nitrogens with one attached hydrogen (secondary N) is 1. The van der Waals surface area contributed by atoms with E-state index in [0.29, 0.717) is 11.6 Å². The summed E-state index contributed by atoms with van der Waals surface area (Å²) >= 11 is 0. The third-order valence-electron chi connectivity index (χ3n) is 3.57. The molecule has 0 aliphatic rings. The van der Waals surface area contributed by atoms with Crippen molar-refractivity contribution in [2.24, 2.45) is 0 Å². The van der Waals surface area contributed by atoms with Gasteiger partial charge in [-0.1, -0.05) is 6.07 Å². The Balaban J connectivity index is 2.27. The maximum absolute atomic E-state index is 13.8. The van der Waals surface area contributed by atoms with E-state index < -0.39 is 22.2 Å². The molecule has 0 radical (unpaired) electrons. The summed E-state index contributed by atoms with van der Waals surface area (Å²) < 4.78 is 26.8. The van der Waals surface area contributed by atoms with Gasteiger partial charge >= 0.3 is 0 Å². The Bertz CT molecular complexity index is 766. The first kappa shape index (κ1) is 17.8. The molecule has 0 aliphatic heterocycles. The van der Waals surface area contributed by atoms with E-state index in [1.165, 1.54) is 25.1 Å². The molecule has 0 fully saturated rings. The summed E-state index contributed by atoms with van der Waals surface area (Å²) in [5.41, 5.74) is -1.61. The van der Waals surface area contributed by atoms with E-state index in [0.717, 1.165) is 12.1 Å². The predicted molar refractivity (Wildman–Crippen MR) is 83.4 cm³/mol. The molecule has 1 atom stereocenters. The molecule has 0 saturated carbocycles. The lowest BCUT2D eigenvalue weighted by molar-refractivity contribution is -0.384. The fourth-order valence-corrected chi connectivity index (χ4v) is 2.27. The van der Waals surface area contributed by atoms with Crippen LogP contribution in [0.5, 0.6) is 0 Å². The van der Waals surface area contributed by atoms with Gasteiger partial charge in [-0.3, -0.25) is 10.1 Å². The molecule has 0 saturated heterocycles. The molecule has 0 aliphatic carbocycles. The number of aliphatic hydroxyl groups is 2. The number of aliphatic hydroxyl groups excluding tert-OH is 1. The van der Waals surface area contributed by atoms with E-state index >= 15 is 0 Å². The lowest BCUT2D eigenvalue weighted by Gasteiger charge is -2.25. The number of halogens is 2. The van der Waals surface area contributed by atoms with Gasteiger partial charge in [0.1, 0.15) is 22.9 Å². The average Bonchev–Trinajstić information content (AvgIpc) is 2.52. The van der Waals surface area contributed by atoms with Gasteiger partial charge in [0.05, 0.1) is 11.5 Å². The monoisotopic (exact) mass is 338 g/mol. The van der Waals surface area contributed by atoms with Crippen LogP contribution in [0.25, 0.3) is 0 Å². The molecule has 3 N–H and O–H groups in total. The molecule has 0 aromatic heterocycles. The van der Waals surface area contributed by atoms with Gasteiger partial charge in [-0.2, -0.15) is 0 Å². The van der Waals surface area contributed by atoms with E-state index in [4.69, 9.17) is 5.11 Å². The number of nitrogens with zero attached hydrogens (tertiary/aromatic N) is 1. The van der Waals surface area contributed by atoms with Crippen LogP contribution in [-0.4, -0.2) is 21.7 Å². The lowest BCUT2D eigenvalue weighted by Crippen LogP contribution is -2.32. The number of anilines is 1. The van der Waals surface area contributed by atoms with Crippen molar-refractivity contribution in [3.05, 3.63) is 69.3 Å². The molecule has 128 valence electrons. The van der Waals surface area contributed by atoms with Crippen LogP contribution < -0.4 is 5.32 Å². The molecule has 2 rings (SSSR count). The number of nitro groups is 1. The zero-order valence-electron chi connectivity index (χ0n) is 12.8. The largest absolute Gasteiger partial charge is 0.392 e. The van der Waals surface area contributed by atoms with Gasteiger partial charge in [0, 0.05) is 24.2 Å². The van der Waals surface area contributed by atoms with Crippen LogP contribution in [-0.2, 0) is 12.2 Å². The minimum absolute atomic E-state index is 0.0781. The summed E-state index contributed by atoms with van der Waals surface area (Å²) in [6.45, 7) is 0.735. The number of benzene rings is 2. The van der Waals surface area contributed by atoms with Gasteiger partial charge in [0.15, 0.2) is 0 Å². The van der Waals surface area contributed by atoms with Crippen molar-refractivity contribution in [1.29, 1.82) is 0 Å². The molecule has 0 heterocycles. The van der Waals surface area contributed by atoms with Crippen LogP contribution >= 0.6 is 0 Å². The van der Waals surface area contributed by atoms with E-state index in [1.54, 1.807) is 0 Å². The summed E-state index contributed by atoms with van der Waals surface area (Å²) in [7, 11) is 0. The second-order valence-corrected chi connectivity index (χ2v) is 5.52. The van der Waals surface area contributed by atoms with Gasteiger partial charge in [-0.05, 0) is 30.7 Å². The Morgan fingerprint density at radius 3 is 2.54 bits per heavy atom. The van der Waals surface area contributed by atoms with Crippen LogP contribution in [0, 0.1) is 21.7 Å². The van der Waals surface area contributed by atoms with E-state index in [1.807, 2.05) is 0 Å². The Kier molecular flexibility index (Phi) is 5.10. The van der Waals surface area contributed by atoms with Gasteiger partial charge in [-0.25, -0.2) is 8.78 Å². The molecule has 6 nitrogen and oxygen atoms in total. The lowest BCUT2D eigenvalue weighted by atomic mass is 9.95. The fraction of sp³-hybridized carbons (Fsp3) is 0.250. The Morgan fingerprint density at radius 1 is 1.25 bits per heavy atom. The van der Waals surface area contributed by atoms with E-state index in [2.05, 4.69) is 5.32 Å². The zero-order valence-corrected chi connectivity index (χ0v) is 12.8. The molecule has 2 aromatic rings. The summed E-state index contributed by atoms with van der Waals surface area (Å²) in [6.07, 6.45) is 0. The maximum Gasteiger partial charge on any atom is 0.292 e. The van der Waals surface area contributed by atoms with E-state index in [9.17, 15) is 24.0 Å². The van der Waals surface area contributed by atoms with Crippen LogP contribution in [0.2, 0.25) is 0 Å². The fourth-order valence-electron chi connectivity index (χ4n) is 2.27. The smallest absolute Gasteiger partial charge is 0.292 e. The highest BCUT2D eigenvalue weighted by atomic mass is 19.1. The van der Waals surface area contributed by atoms with Gasteiger partial charge < -0.3 is 15.5 Å². The van der Waals surface area contributed by atoms with Crippen molar-refractivity contribution in [2.75, 3.05) is 11.9 Å². The third kappa shape index (κ3) is 3.84. The molecule has 24 heavy (non-hydrogen) atoms. The Labute approximate surface area is 136 Å². The van der Waals surface area contributed by atoms with Crippen molar-refractivity contribution in [2.45, 2.75) is 19.1 Å². The van der Waals surface area contributed by atoms with E-state index in [-0.39, 0.29) is 30.1 Å². The first-order chi connectivity index (χ1) is 11.2. The molecular formula is C16H16F2N2O4. The maximum atomic E-state index is 13.8. The molecule has 0 amide bonds. The normalized spacial score (nSPS) is 13.4. The minimum Gasteiger partial charge on any atom is -0.392 e. The molecule has 0 spiro atoms. The van der Waals surface area contributed by atoms with Crippen LogP contribution in [0.1, 0.15) is 18.1 Å². The van der Waals surface area contributed by atoms with Gasteiger partial charge in [-0.15, -0.1) is 0 Å². The molecule has 2 aromatic carbocycles. The summed E-state index contributed by atoms with van der Waals surface area (Å²) in [4.78, 5) is 10.4. The molecule has 1 unspecified atom stereocenters. The van der Waals surface area contributed by atoms with Crippen molar-refractivity contribution in [3.63, 3.8) is 0 Å². The highest BCUT2D eigenvalue weighted by Crippen LogP contribution is 2.29. The summed E-state index contributed by atoms with van der Waals surface area (Å²) in [6, 6.07) is 6.78. The zero-order chi connectivity index (χ0) is 17.9. The first-order valence-electron chi connectivity index (χ1n) is 7.04. The molecule has 0 bridgehead atoms. The highest BCUT2D eigenvalue weighted by molar-refractivity contribution is 5.63. The van der Waals surface area contributed by atoms with Crippen molar-refractivity contribution in [3.8, 4) is 0 Å². The first-order valence-corrected chi connectivity index (χ1v) is 7.04. The van der Waals surface area contributed by atoms with Crippen LogP contribution in [0.15, 0.2) is 36.4 Å². The molecular weight excluding hydrogens is 322 g/mol. The third-order valence-corrected chi connectivity index (χ3v) is 3.57. The Hall–Kier alpha value is -2.58. The second kappa shape index (κ2) is 6.90. The summed E-state index contributed by atoms with van der Waals surface area (Å²) in [5, 5.41) is 33.3. The topological polar surface area (TPSA) is 95.6 Å². The Morgan fingerprint density at radius 2 is 1.96 bits per heavy atom. The van der Waals surface area contributed by atoms with Crippen molar-refractivity contribution < 1.29 is 23.9 Å². The van der Waals surface area contributed by atoms with Gasteiger partial charge in [0.25, 0.3) is 5.69 Å². The quantitative estimate of drug-likeness (QED) is 0.556. The predicted octanol–water partition coefficient (Wildman–Crippen LogP) is 2.68. The SMILES string of the molecule is CC(O)(CNc1cc(CO)ccc1[N+](=O)[O-])c1ccc(F)cc1F. The van der Waals surface area contributed by atoms with Crippen molar-refractivity contribution in [1.82, 2.24) is 0 Å². The highest BCUT2D eigenvalue weighted by Gasteiger charge is 2.28. The van der Waals surface area contributed by atoms with Crippen LogP contribution in [0.3, 0.4) is 0 Å². The second-order valence-electron chi connectivity index (χ2n) is 5.52. The average molecular weight is 338 g/mol. The van der Waals surface area contributed by atoms with Crippen LogP contribution in [0.4, 0.5) is 20.2 Å². The van der Waals surface area contributed by atoms with Gasteiger partial charge in [0.2, 0.25) is 0 Å². The standard InChI is InChI=1S/C16H16F2N2O4/c1-16(22,12-4-3-11(17)7-13(12)18)9-19-14-6-10(8-21)2-5-15(14)20(23)24/h2-7,19,21-22H,8-9H2,1H3.